The van der Waals surface area contributed by atoms with Crippen LogP contribution in [0.15, 0.2) is 36.4 Å². The molecule has 2 aromatic carbocycles. The van der Waals surface area contributed by atoms with Crippen LogP contribution in [0.1, 0.15) is 37.7 Å². The van der Waals surface area contributed by atoms with Crippen LogP contribution < -0.4 is 5.32 Å². The van der Waals surface area contributed by atoms with Crippen molar-refractivity contribution >= 4 is 33.7 Å². The minimum Gasteiger partial charge on any atom is -0.478 e. The lowest BCUT2D eigenvalue weighted by atomic mass is 10.0. The second-order valence-corrected chi connectivity index (χ2v) is 7.14. The SMILES string of the molecule is Cc1[nH]c2c(F)ccc(C)c2c1CCNC(=O)c1cc2ccc(C(=O)O)cc2[nH]1. The average molecular weight is 393 g/mol. The number of aromatic carboxylic acids is 1. The monoisotopic (exact) mass is 393 g/mol. The molecule has 2 aromatic heterocycles. The number of aromatic amines is 2. The molecule has 1 amide bonds. The zero-order valence-electron chi connectivity index (χ0n) is 16.0. The second-order valence-electron chi connectivity index (χ2n) is 7.14. The summed E-state index contributed by atoms with van der Waals surface area (Å²) in [6.07, 6.45) is 0.561. The lowest BCUT2D eigenvalue weighted by molar-refractivity contribution is 0.0696. The van der Waals surface area contributed by atoms with Gasteiger partial charge in [0.1, 0.15) is 11.5 Å². The maximum atomic E-state index is 14.1. The molecule has 148 valence electrons. The number of carboxylic acid groups (broad SMARTS) is 1. The number of fused-ring (bicyclic) bond motifs is 2. The lowest BCUT2D eigenvalue weighted by Gasteiger charge is -2.06. The summed E-state index contributed by atoms with van der Waals surface area (Å²) in [4.78, 5) is 29.6. The number of benzene rings is 2. The van der Waals surface area contributed by atoms with Crippen LogP contribution in [-0.4, -0.2) is 33.5 Å². The fraction of sp³-hybridized carbons (Fsp3) is 0.182. The van der Waals surface area contributed by atoms with Gasteiger partial charge in [0.2, 0.25) is 0 Å². The van der Waals surface area contributed by atoms with Crippen LogP contribution in [0, 0.1) is 19.7 Å². The highest BCUT2D eigenvalue weighted by atomic mass is 19.1. The number of rotatable bonds is 5. The third-order valence-electron chi connectivity index (χ3n) is 5.20. The molecule has 4 N–H and O–H groups in total. The van der Waals surface area contributed by atoms with E-state index in [1.807, 2.05) is 13.8 Å². The van der Waals surface area contributed by atoms with Gasteiger partial charge in [-0.05, 0) is 55.7 Å². The van der Waals surface area contributed by atoms with Crippen LogP contribution >= 0.6 is 0 Å². The smallest absolute Gasteiger partial charge is 0.335 e. The molecule has 0 saturated heterocycles. The molecule has 0 saturated carbocycles. The van der Waals surface area contributed by atoms with E-state index in [4.69, 9.17) is 5.11 Å². The van der Waals surface area contributed by atoms with Gasteiger partial charge in [0.25, 0.3) is 5.91 Å². The van der Waals surface area contributed by atoms with Gasteiger partial charge in [0.05, 0.1) is 11.1 Å². The molecule has 0 bridgehead atoms. The van der Waals surface area contributed by atoms with E-state index < -0.39 is 5.97 Å². The highest BCUT2D eigenvalue weighted by Gasteiger charge is 2.15. The molecular formula is C22H20FN3O3. The van der Waals surface area contributed by atoms with Crippen LogP contribution in [-0.2, 0) is 6.42 Å². The standard InChI is InChI=1S/C22H20FN3O3/c1-11-3-6-16(23)20-19(11)15(12(2)25-20)7-8-24-21(27)18-9-13-4-5-14(22(28)29)10-17(13)26-18/h3-6,9-10,25-26H,7-8H2,1-2H3,(H,24,27)(H,28,29). The molecular weight excluding hydrogens is 373 g/mol. The first-order valence-electron chi connectivity index (χ1n) is 9.25. The van der Waals surface area contributed by atoms with Gasteiger partial charge >= 0.3 is 5.97 Å². The zero-order valence-corrected chi connectivity index (χ0v) is 16.0. The molecule has 4 rings (SSSR count). The van der Waals surface area contributed by atoms with Crippen LogP contribution in [0.5, 0.6) is 0 Å². The van der Waals surface area contributed by atoms with Crippen molar-refractivity contribution in [3.8, 4) is 0 Å². The maximum Gasteiger partial charge on any atom is 0.335 e. The van der Waals surface area contributed by atoms with Gasteiger partial charge < -0.3 is 20.4 Å². The number of hydrogen-bond donors (Lipinski definition) is 4. The predicted molar refractivity (Wildman–Crippen MR) is 109 cm³/mol. The first-order valence-corrected chi connectivity index (χ1v) is 9.25. The van der Waals surface area contributed by atoms with E-state index in [0.29, 0.717) is 29.7 Å². The van der Waals surface area contributed by atoms with E-state index in [2.05, 4.69) is 15.3 Å². The Balaban J connectivity index is 1.50. The van der Waals surface area contributed by atoms with Crippen molar-refractivity contribution < 1.29 is 19.1 Å². The minimum absolute atomic E-state index is 0.156. The fourth-order valence-corrected chi connectivity index (χ4v) is 3.73. The van der Waals surface area contributed by atoms with Crippen molar-refractivity contribution in [2.24, 2.45) is 0 Å². The predicted octanol–water partition coefficient (Wildman–Crippen LogP) is 4.08. The average Bonchev–Trinajstić information content (AvgIpc) is 3.26. The molecule has 0 unspecified atom stereocenters. The Labute approximate surface area is 165 Å². The van der Waals surface area contributed by atoms with Crippen molar-refractivity contribution in [1.29, 1.82) is 0 Å². The Kier molecular flexibility index (Phi) is 4.58. The number of amides is 1. The van der Waals surface area contributed by atoms with Crippen LogP contribution in [0.3, 0.4) is 0 Å². The van der Waals surface area contributed by atoms with Crippen molar-refractivity contribution in [2.45, 2.75) is 20.3 Å². The number of carbonyl (C=O) groups is 2. The first kappa shape index (κ1) is 18.7. The number of hydrogen-bond acceptors (Lipinski definition) is 2. The molecule has 0 aliphatic heterocycles. The lowest BCUT2D eigenvalue weighted by Crippen LogP contribution is -2.26. The van der Waals surface area contributed by atoms with Crippen LogP contribution in [0.25, 0.3) is 21.8 Å². The Morgan fingerprint density at radius 2 is 1.90 bits per heavy atom. The number of carboxylic acids is 1. The largest absolute Gasteiger partial charge is 0.478 e. The number of aromatic nitrogens is 2. The van der Waals surface area contributed by atoms with Crippen molar-refractivity contribution in [3.05, 3.63) is 70.3 Å². The van der Waals surface area contributed by atoms with Crippen molar-refractivity contribution in [1.82, 2.24) is 15.3 Å². The molecule has 7 heteroatoms. The topological polar surface area (TPSA) is 98.0 Å². The molecule has 29 heavy (non-hydrogen) atoms. The van der Waals surface area contributed by atoms with Crippen molar-refractivity contribution in [2.75, 3.05) is 6.54 Å². The first-order chi connectivity index (χ1) is 13.8. The minimum atomic E-state index is -1.02. The number of aryl methyl sites for hydroxylation is 2. The fourth-order valence-electron chi connectivity index (χ4n) is 3.73. The van der Waals surface area contributed by atoms with E-state index in [0.717, 1.165) is 27.6 Å². The Bertz CT molecular complexity index is 1270. The Hall–Kier alpha value is -3.61. The highest BCUT2D eigenvalue weighted by Crippen LogP contribution is 2.27. The van der Waals surface area contributed by atoms with E-state index >= 15 is 0 Å². The molecule has 0 atom stereocenters. The summed E-state index contributed by atoms with van der Waals surface area (Å²) in [7, 11) is 0. The summed E-state index contributed by atoms with van der Waals surface area (Å²) in [6.45, 7) is 4.22. The summed E-state index contributed by atoms with van der Waals surface area (Å²) in [5.74, 6) is -1.59. The molecule has 0 spiro atoms. The van der Waals surface area contributed by atoms with Gasteiger partial charge in [0, 0.05) is 28.5 Å². The number of H-pyrrole nitrogens is 2. The van der Waals surface area contributed by atoms with Crippen LogP contribution in [0.2, 0.25) is 0 Å². The number of nitrogens with one attached hydrogen (secondary N) is 3. The molecule has 0 aliphatic rings. The zero-order chi connectivity index (χ0) is 20.7. The molecule has 0 aliphatic carbocycles. The Morgan fingerprint density at radius 1 is 1.10 bits per heavy atom. The third-order valence-corrected chi connectivity index (χ3v) is 5.20. The van der Waals surface area contributed by atoms with Gasteiger partial charge in [-0.1, -0.05) is 12.1 Å². The molecule has 6 nitrogen and oxygen atoms in total. The second kappa shape index (κ2) is 7.09. The van der Waals surface area contributed by atoms with E-state index in [9.17, 15) is 14.0 Å². The maximum absolute atomic E-state index is 14.1. The molecule has 0 radical (unpaired) electrons. The quantitative estimate of drug-likeness (QED) is 0.411. The van der Waals surface area contributed by atoms with E-state index in [1.54, 1.807) is 18.2 Å². The Morgan fingerprint density at radius 3 is 2.66 bits per heavy atom. The number of halogens is 1. The van der Waals surface area contributed by atoms with Gasteiger partial charge in [-0.2, -0.15) is 0 Å². The molecule has 0 fully saturated rings. The summed E-state index contributed by atoms with van der Waals surface area (Å²) < 4.78 is 14.1. The summed E-state index contributed by atoms with van der Waals surface area (Å²) in [5.41, 5.74) is 4.46. The van der Waals surface area contributed by atoms with E-state index in [-0.39, 0.29) is 17.3 Å². The van der Waals surface area contributed by atoms with Gasteiger partial charge in [-0.15, -0.1) is 0 Å². The van der Waals surface area contributed by atoms with E-state index in [1.165, 1.54) is 18.2 Å². The molecule has 2 heterocycles. The summed E-state index contributed by atoms with van der Waals surface area (Å²) in [6, 6.07) is 9.56. The van der Waals surface area contributed by atoms with Crippen molar-refractivity contribution in [3.63, 3.8) is 0 Å². The normalized spacial score (nSPS) is 11.3. The van der Waals surface area contributed by atoms with Crippen LogP contribution in [0.4, 0.5) is 4.39 Å². The highest BCUT2D eigenvalue weighted by molar-refractivity contribution is 6.00. The van der Waals surface area contributed by atoms with Gasteiger partial charge in [-0.3, -0.25) is 4.79 Å². The summed E-state index contributed by atoms with van der Waals surface area (Å²) in [5, 5.41) is 13.6. The molecule has 4 aromatic rings. The summed E-state index contributed by atoms with van der Waals surface area (Å²) >= 11 is 0. The van der Waals surface area contributed by atoms with Gasteiger partial charge in [0.15, 0.2) is 0 Å². The third kappa shape index (κ3) is 3.35. The van der Waals surface area contributed by atoms with Gasteiger partial charge in [-0.25, -0.2) is 9.18 Å². The number of carbonyl (C=O) groups excluding carboxylic acids is 1.